The lowest BCUT2D eigenvalue weighted by atomic mass is 10.2. The summed E-state index contributed by atoms with van der Waals surface area (Å²) in [5, 5.41) is 18.5. The van der Waals surface area contributed by atoms with Gasteiger partial charge in [-0.05, 0) is 23.8 Å². The van der Waals surface area contributed by atoms with Crippen molar-refractivity contribution in [2.24, 2.45) is 0 Å². The molecule has 1 heterocycles. The van der Waals surface area contributed by atoms with Gasteiger partial charge in [-0.1, -0.05) is 35.9 Å². The molecule has 138 valence electrons. The first-order chi connectivity index (χ1) is 13.0. The van der Waals surface area contributed by atoms with E-state index >= 15 is 0 Å². The minimum atomic E-state index is -0.561. The van der Waals surface area contributed by atoms with Crippen LogP contribution in [-0.2, 0) is 11.3 Å². The molecule has 0 fully saturated rings. The van der Waals surface area contributed by atoms with Crippen LogP contribution in [0.1, 0.15) is 5.56 Å². The van der Waals surface area contributed by atoms with Gasteiger partial charge < -0.3 is 10.1 Å². The standard InChI is InChI=1S/C18H15ClN4O4/c19-14-7-5-13(6-8-14)11-22-17(9-10-20-22)21-18(24)12-27-16-4-2-1-3-15(16)23(25)26/h1-10H,11-12H2,(H,21,24). The first kappa shape index (κ1) is 18.4. The number of nitrogens with zero attached hydrogens (tertiary/aromatic N) is 3. The van der Waals surface area contributed by atoms with Crippen LogP contribution in [-0.4, -0.2) is 27.2 Å². The molecule has 0 unspecified atom stereocenters. The molecular weight excluding hydrogens is 372 g/mol. The highest BCUT2D eigenvalue weighted by molar-refractivity contribution is 6.30. The van der Waals surface area contributed by atoms with Gasteiger partial charge in [0, 0.05) is 17.2 Å². The first-order valence-electron chi connectivity index (χ1n) is 7.95. The monoisotopic (exact) mass is 386 g/mol. The molecule has 27 heavy (non-hydrogen) atoms. The van der Waals surface area contributed by atoms with E-state index in [-0.39, 0.29) is 18.0 Å². The Labute approximate surface area is 159 Å². The molecule has 0 aliphatic carbocycles. The van der Waals surface area contributed by atoms with Crippen molar-refractivity contribution in [1.82, 2.24) is 9.78 Å². The van der Waals surface area contributed by atoms with E-state index in [1.54, 1.807) is 35.1 Å². The molecular formula is C18H15ClN4O4. The third-order valence-corrected chi connectivity index (χ3v) is 3.90. The number of carbonyl (C=O) groups is 1. The Balaban J connectivity index is 1.61. The maximum Gasteiger partial charge on any atom is 0.310 e. The molecule has 0 radical (unpaired) electrons. The van der Waals surface area contributed by atoms with Crippen LogP contribution in [0.15, 0.2) is 60.8 Å². The zero-order chi connectivity index (χ0) is 19.2. The number of nitro groups is 1. The van der Waals surface area contributed by atoms with E-state index in [0.29, 0.717) is 17.4 Å². The number of carbonyl (C=O) groups excluding carboxylic acids is 1. The lowest BCUT2D eigenvalue weighted by Gasteiger charge is -2.10. The van der Waals surface area contributed by atoms with E-state index in [1.807, 2.05) is 12.1 Å². The van der Waals surface area contributed by atoms with Gasteiger partial charge in [-0.15, -0.1) is 0 Å². The zero-order valence-corrected chi connectivity index (χ0v) is 14.8. The summed E-state index contributed by atoms with van der Waals surface area (Å²) in [5.41, 5.74) is 0.771. The van der Waals surface area contributed by atoms with E-state index in [1.165, 1.54) is 18.2 Å². The van der Waals surface area contributed by atoms with Crippen molar-refractivity contribution < 1.29 is 14.5 Å². The van der Waals surface area contributed by atoms with Crippen molar-refractivity contribution in [3.63, 3.8) is 0 Å². The number of halogens is 1. The molecule has 1 amide bonds. The average molecular weight is 387 g/mol. The van der Waals surface area contributed by atoms with Crippen LogP contribution in [0.4, 0.5) is 11.5 Å². The van der Waals surface area contributed by atoms with Crippen molar-refractivity contribution in [3.05, 3.63) is 81.5 Å². The Bertz CT molecular complexity index is 956. The third-order valence-electron chi connectivity index (χ3n) is 3.65. The summed E-state index contributed by atoms with van der Waals surface area (Å²) in [6.45, 7) is 0.0851. The smallest absolute Gasteiger partial charge is 0.310 e. The first-order valence-corrected chi connectivity index (χ1v) is 8.33. The van der Waals surface area contributed by atoms with E-state index in [2.05, 4.69) is 10.4 Å². The maximum atomic E-state index is 12.1. The van der Waals surface area contributed by atoms with E-state index < -0.39 is 10.8 Å². The van der Waals surface area contributed by atoms with Crippen LogP contribution >= 0.6 is 11.6 Å². The average Bonchev–Trinajstić information content (AvgIpc) is 3.08. The fourth-order valence-corrected chi connectivity index (χ4v) is 2.51. The number of ether oxygens (including phenoxy) is 1. The highest BCUT2D eigenvalue weighted by atomic mass is 35.5. The highest BCUT2D eigenvalue weighted by Gasteiger charge is 2.15. The Morgan fingerprint density at radius 3 is 2.67 bits per heavy atom. The predicted octanol–water partition coefficient (Wildman–Crippen LogP) is 3.51. The third kappa shape index (κ3) is 4.83. The van der Waals surface area contributed by atoms with Crippen LogP contribution in [0.25, 0.3) is 0 Å². The summed E-state index contributed by atoms with van der Waals surface area (Å²) in [6.07, 6.45) is 1.56. The van der Waals surface area contributed by atoms with Crippen LogP contribution in [0.3, 0.4) is 0 Å². The second-order valence-electron chi connectivity index (χ2n) is 5.56. The predicted molar refractivity (Wildman–Crippen MR) is 100 cm³/mol. The number of anilines is 1. The lowest BCUT2D eigenvalue weighted by molar-refractivity contribution is -0.385. The topological polar surface area (TPSA) is 99.3 Å². The fourth-order valence-electron chi connectivity index (χ4n) is 2.38. The minimum absolute atomic E-state index is 0.0346. The van der Waals surface area contributed by atoms with Gasteiger partial charge in [0.15, 0.2) is 12.4 Å². The molecule has 8 nitrogen and oxygen atoms in total. The van der Waals surface area contributed by atoms with Crippen molar-refractivity contribution >= 4 is 29.0 Å². The van der Waals surface area contributed by atoms with Gasteiger partial charge in [0.1, 0.15) is 5.82 Å². The Kier molecular flexibility index (Phi) is 5.68. The molecule has 0 saturated heterocycles. The molecule has 2 aromatic carbocycles. The van der Waals surface area contributed by atoms with Crippen LogP contribution in [0.5, 0.6) is 5.75 Å². The number of amides is 1. The van der Waals surface area contributed by atoms with Gasteiger partial charge in [-0.2, -0.15) is 5.10 Å². The molecule has 9 heteroatoms. The van der Waals surface area contributed by atoms with Gasteiger partial charge in [-0.3, -0.25) is 14.9 Å². The molecule has 0 aliphatic rings. The molecule has 1 aromatic heterocycles. The Hall–Kier alpha value is -3.39. The molecule has 3 rings (SSSR count). The van der Waals surface area contributed by atoms with Gasteiger partial charge in [0.05, 0.1) is 17.7 Å². The zero-order valence-electron chi connectivity index (χ0n) is 14.0. The lowest BCUT2D eigenvalue weighted by Crippen LogP contribution is -2.22. The van der Waals surface area contributed by atoms with Gasteiger partial charge in [0.25, 0.3) is 5.91 Å². The number of rotatable bonds is 7. The second kappa shape index (κ2) is 8.33. The van der Waals surface area contributed by atoms with E-state index in [9.17, 15) is 14.9 Å². The number of hydrogen-bond donors (Lipinski definition) is 1. The number of hydrogen-bond acceptors (Lipinski definition) is 5. The number of benzene rings is 2. The molecule has 0 saturated carbocycles. The SMILES string of the molecule is O=C(COc1ccccc1[N+](=O)[O-])Nc1ccnn1Cc1ccc(Cl)cc1. The largest absolute Gasteiger partial charge is 0.477 e. The van der Waals surface area contributed by atoms with Crippen LogP contribution in [0.2, 0.25) is 5.02 Å². The van der Waals surface area contributed by atoms with Gasteiger partial charge >= 0.3 is 5.69 Å². The number of nitrogens with one attached hydrogen (secondary N) is 1. The normalized spacial score (nSPS) is 10.4. The van der Waals surface area contributed by atoms with E-state index in [0.717, 1.165) is 5.56 Å². The molecule has 0 atom stereocenters. The number of para-hydroxylation sites is 2. The van der Waals surface area contributed by atoms with Crippen molar-refractivity contribution in [3.8, 4) is 5.75 Å². The summed E-state index contributed by atoms with van der Waals surface area (Å²) < 4.78 is 6.90. The Morgan fingerprint density at radius 2 is 1.93 bits per heavy atom. The minimum Gasteiger partial charge on any atom is -0.477 e. The van der Waals surface area contributed by atoms with E-state index in [4.69, 9.17) is 16.3 Å². The molecule has 0 bridgehead atoms. The van der Waals surface area contributed by atoms with Crippen LogP contribution in [0, 0.1) is 10.1 Å². The fraction of sp³-hybridized carbons (Fsp3) is 0.111. The van der Waals surface area contributed by atoms with Gasteiger partial charge in [0.2, 0.25) is 0 Å². The summed E-state index contributed by atoms with van der Waals surface area (Å²) >= 11 is 5.87. The highest BCUT2D eigenvalue weighted by Crippen LogP contribution is 2.25. The quantitative estimate of drug-likeness (QED) is 0.494. The number of aromatic nitrogens is 2. The molecule has 0 spiro atoms. The number of nitro benzene ring substituents is 1. The summed E-state index contributed by atoms with van der Waals surface area (Å²) in [7, 11) is 0. The Morgan fingerprint density at radius 1 is 1.19 bits per heavy atom. The molecule has 3 aromatic rings. The van der Waals surface area contributed by atoms with Crippen LogP contribution < -0.4 is 10.1 Å². The van der Waals surface area contributed by atoms with Crippen molar-refractivity contribution in [1.29, 1.82) is 0 Å². The molecule has 0 aliphatic heterocycles. The summed E-state index contributed by atoms with van der Waals surface area (Å²) in [4.78, 5) is 22.6. The summed E-state index contributed by atoms with van der Waals surface area (Å²) in [6, 6.07) is 14.8. The van der Waals surface area contributed by atoms with Gasteiger partial charge in [-0.25, -0.2) is 4.68 Å². The molecule has 1 N–H and O–H groups in total. The summed E-state index contributed by atoms with van der Waals surface area (Å²) in [5.74, 6) is 0.0689. The van der Waals surface area contributed by atoms with Crippen molar-refractivity contribution in [2.45, 2.75) is 6.54 Å². The van der Waals surface area contributed by atoms with Crippen molar-refractivity contribution in [2.75, 3.05) is 11.9 Å². The second-order valence-corrected chi connectivity index (χ2v) is 6.00. The maximum absolute atomic E-state index is 12.1.